The molecule has 0 bridgehead atoms. The third-order valence-electron chi connectivity index (χ3n) is 13.2. The summed E-state index contributed by atoms with van der Waals surface area (Å²) in [6.07, 6.45) is 4.04. The van der Waals surface area contributed by atoms with Gasteiger partial charge in [0.05, 0.1) is 43.0 Å². The molecule has 4 amide bonds. The molecular formula is C48H60N8O7. The van der Waals surface area contributed by atoms with Crippen LogP contribution in [0.1, 0.15) is 102 Å². The van der Waals surface area contributed by atoms with Gasteiger partial charge in [0.25, 0.3) is 0 Å². The van der Waals surface area contributed by atoms with Crippen LogP contribution in [-0.4, -0.2) is 106 Å². The van der Waals surface area contributed by atoms with Gasteiger partial charge < -0.3 is 44.6 Å². The number of amides is 4. The standard InChI is InChI=1S/C48H60N8O7/c1-8-37(56(27(4)5)46(58)39(26(2)3)53-47(59)61-6)43-49-35-17-13-31-24-29(11-15-33(31)41(35)51-43)30-12-16-34-32(25-30)14-18-36-42(34)52-44(50-36)38-10-9-21-55(38)45(57)40(54-48(60)62-7)28-19-22-63-23-20-28/h11-12,14-16,18,24-28,37-40H,8-10,13,17,19-23H2,1-7H3,(H,49,51)(H,50,52)(H,53,59)(H,54,60)/t37-,38-,39-,40-/m0/s1. The molecule has 4 heterocycles. The summed E-state index contributed by atoms with van der Waals surface area (Å²) in [7, 11) is 2.61. The molecule has 63 heavy (non-hydrogen) atoms. The number of hydrogen-bond acceptors (Lipinski definition) is 9. The maximum absolute atomic E-state index is 14.2. The van der Waals surface area contributed by atoms with Crippen molar-refractivity contribution in [1.82, 2.24) is 40.4 Å². The van der Waals surface area contributed by atoms with Crippen LogP contribution >= 0.6 is 0 Å². The Hall–Kier alpha value is -5.96. The number of nitrogens with zero attached hydrogens (tertiary/aromatic N) is 4. The van der Waals surface area contributed by atoms with E-state index < -0.39 is 24.3 Å². The number of carbonyl (C=O) groups excluding carboxylic acids is 4. The van der Waals surface area contributed by atoms with Crippen LogP contribution in [0.4, 0.5) is 9.59 Å². The molecule has 3 aliphatic rings. The summed E-state index contributed by atoms with van der Waals surface area (Å²) < 4.78 is 15.3. The number of alkyl carbamates (subject to hydrolysis) is 2. The molecule has 334 valence electrons. The van der Waals surface area contributed by atoms with Gasteiger partial charge in [-0.05, 0) is 105 Å². The molecule has 1 aliphatic carbocycles. The molecular weight excluding hydrogens is 801 g/mol. The third-order valence-corrected chi connectivity index (χ3v) is 13.2. The van der Waals surface area contributed by atoms with E-state index in [9.17, 15) is 19.2 Å². The summed E-state index contributed by atoms with van der Waals surface area (Å²) in [5.41, 5.74) is 8.24. The molecule has 2 fully saturated rings. The minimum atomic E-state index is -0.740. The summed E-state index contributed by atoms with van der Waals surface area (Å²) >= 11 is 0. The largest absolute Gasteiger partial charge is 0.453 e. The lowest BCUT2D eigenvalue weighted by molar-refractivity contribution is -0.139. The first kappa shape index (κ1) is 43.7. The van der Waals surface area contributed by atoms with Crippen molar-refractivity contribution in [1.29, 1.82) is 0 Å². The van der Waals surface area contributed by atoms with E-state index >= 15 is 0 Å². The van der Waals surface area contributed by atoms with Gasteiger partial charge in [-0.25, -0.2) is 19.6 Å². The highest BCUT2D eigenvalue weighted by molar-refractivity contribution is 6.05. The van der Waals surface area contributed by atoms with Crippen LogP contribution in [0.25, 0.3) is 44.2 Å². The zero-order valence-corrected chi connectivity index (χ0v) is 37.4. The molecule has 2 aromatic heterocycles. The van der Waals surface area contributed by atoms with Crippen LogP contribution < -0.4 is 10.6 Å². The van der Waals surface area contributed by atoms with Crippen LogP contribution in [0.3, 0.4) is 0 Å². The molecule has 0 spiro atoms. The maximum Gasteiger partial charge on any atom is 0.407 e. The van der Waals surface area contributed by atoms with Crippen molar-refractivity contribution < 1.29 is 33.4 Å². The first-order valence-electron chi connectivity index (χ1n) is 22.4. The highest BCUT2D eigenvalue weighted by atomic mass is 16.5. The lowest BCUT2D eigenvalue weighted by Gasteiger charge is -2.37. The first-order valence-corrected chi connectivity index (χ1v) is 22.4. The molecule has 8 rings (SSSR count). The third kappa shape index (κ3) is 8.59. The second-order valence-corrected chi connectivity index (χ2v) is 17.7. The number of aromatic nitrogens is 4. The van der Waals surface area contributed by atoms with E-state index in [1.54, 1.807) is 0 Å². The van der Waals surface area contributed by atoms with Crippen LogP contribution in [0.5, 0.6) is 0 Å². The Bertz CT molecular complexity index is 2500. The van der Waals surface area contributed by atoms with Crippen molar-refractivity contribution in [2.75, 3.05) is 34.0 Å². The van der Waals surface area contributed by atoms with E-state index in [1.165, 1.54) is 19.8 Å². The number of likely N-dealkylation sites (tertiary alicyclic amines) is 1. The van der Waals surface area contributed by atoms with Gasteiger partial charge in [0.15, 0.2) is 0 Å². The first-order chi connectivity index (χ1) is 30.4. The van der Waals surface area contributed by atoms with Gasteiger partial charge in [-0.2, -0.15) is 0 Å². The molecule has 0 unspecified atom stereocenters. The average Bonchev–Trinajstić information content (AvgIpc) is 4.07. The number of aryl methyl sites for hydroxylation is 2. The van der Waals surface area contributed by atoms with Crippen LogP contribution in [0.15, 0.2) is 48.5 Å². The lowest BCUT2D eigenvalue weighted by atomic mass is 9.89. The van der Waals surface area contributed by atoms with E-state index in [1.807, 2.05) is 37.5 Å². The monoisotopic (exact) mass is 860 g/mol. The fraction of sp³-hybridized carbons (Fsp3) is 0.500. The summed E-state index contributed by atoms with van der Waals surface area (Å²) in [4.78, 5) is 74.0. The SMILES string of the molecule is CC[C@@H](c1nc2c([nH]1)CCc1cc(-c3ccc4c(ccc5[nH]c([C@@H]6CCCN6C(=O)[C@@H](NC(=O)OC)C6CCOCC6)nc54)c3)ccc1-2)N(C(=O)[C@@H](NC(=O)OC)C(C)C)C(C)C. The molecule has 15 nitrogen and oxygen atoms in total. The van der Waals surface area contributed by atoms with Crippen molar-refractivity contribution in [3.63, 3.8) is 0 Å². The Labute approximate surface area is 368 Å². The van der Waals surface area contributed by atoms with Crippen molar-refractivity contribution in [3.05, 3.63) is 71.4 Å². The molecule has 15 heteroatoms. The van der Waals surface area contributed by atoms with E-state index in [-0.39, 0.29) is 41.8 Å². The van der Waals surface area contributed by atoms with Crippen molar-refractivity contribution >= 4 is 45.8 Å². The minimum Gasteiger partial charge on any atom is -0.453 e. The quantitative estimate of drug-likeness (QED) is 0.0974. The zero-order chi connectivity index (χ0) is 44.5. The van der Waals surface area contributed by atoms with E-state index in [2.05, 4.69) is 76.1 Å². The van der Waals surface area contributed by atoms with Gasteiger partial charge in [-0.1, -0.05) is 57.2 Å². The Kier molecular flexibility index (Phi) is 12.8. The second kappa shape index (κ2) is 18.4. The smallest absolute Gasteiger partial charge is 0.407 e. The van der Waals surface area contributed by atoms with Gasteiger partial charge in [0.1, 0.15) is 23.7 Å². The number of methoxy groups -OCH3 is 2. The van der Waals surface area contributed by atoms with Crippen molar-refractivity contribution in [2.24, 2.45) is 11.8 Å². The number of fused-ring (bicyclic) bond motifs is 6. The normalized spacial score (nSPS) is 17.9. The van der Waals surface area contributed by atoms with Crippen molar-refractivity contribution in [3.8, 4) is 22.4 Å². The summed E-state index contributed by atoms with van der Waals surface area (Å²) in [5.74, 6) is 1.03. The number of benzene rings is 3. The maximum atomic E-state index is 14.2. The van der Waals surface area contributed by atoms with Crippen LogP contribution in [0, 0.1) is 11.8 Å². The molecule has 3 aromatic carbocycles. The molecule has 0 radical (unpaired) electrons. The van der Waals surface area contributed by atoms with Gasteiger partial charge in [-0.3, -0.25) is 9.59 Å². The predicted octanol–water partition coefficient (Wildman–Crippen LogP) is 7.76. The van der Waals surface area contributed by atoms with Gasteiger partial charge in [0.2, 0.25) is 11.8 Å². The van der Waals surface area contributed by atoms with Crippen molar-refractivity contribution in [2.45, 2.75) is 110 Å². The molecule has 0 saturated carbocycles. The van der Waals surface area contributed by atoms with Crippen LogP contribution in [0.2, 0.25) is 0 Å². The molecule has 2 aliphatic heterocycles. The number of nitrogens with one attached hydrogen (secondary N) is 4. The number of imidazole rings is 2. The zero-order valence-electron chi connectivity index (χ0n) is 37.4. The second-order valence-electron chi connectivity index (χ2n) is 17.7. The van der Waals surface area contributed by atoms with Gasteiger partial charge >= 0.3 is 12.2 Å². The minimum absolute atomic E-state index is 0.0350. The molecule has 2 saturated heterocycles. The number of carbonyl (C=O) groups is 4. The fourth-order valence-corrected chi connectivity index (χ4v) is 9.88. The average molecular weight is 861 g/mol. The molecule has 5 aromatic rings. The van der Waals surface area contributed by atoms with E-state index in [4.69, 9.17) is 24.2 Å². The van der Waals surface area contributed by atoms with Gasteiger partial charge in [-0.15, -0.1) is 0 Å². The van der Waals surface area contributed by atoms with E-state index in [0.29, 0.717) is 39.0 Å². The molecule has 4 atom stereocenters. The Balaban J connectivity index is 1.03. The number of hydrogen-bond donors (Lipinski definition) is 4. The fourth-order valence-electron chi connectivity index (χ4n) is 9.88. The molecule has 4 N–H and O–H groups in total. The number of ether oxygens (including phenoxy) is 3. The van der Waals surface area contributed by atoms with E-state index in [0.717, 1.165) is 87.2 Å². The summed E-state index contributed by atoms with van der Waals surface area (Å²) in [6.45, 7) is 11.6. The highest BCUT2D eigenvalue weighted by Gasteiger charge is 2.41. The number of H-pyrrole nitrogens is 2. The topological polar surface area (TPSA) is 184 Å². The Morgan fingerprint density at radius 2 is 1.62 bits per heavy atom. The van der Waals surface area contributed by atoms with Gasteiger partial charge in [0, 0.05) is 42.4 Å². The Morgan fingerprint density at radius 1 is 0.889 bits per heavy atom. The highest BCUT2D eigenvalue weighted by Crippen LogP contribution is 2.39. The van der Waals surface area contributed by atoms with Crippen LogP contribution in [-0.2, 0) is 36.6 Å². The lowest BCUT2D eigenvalue weighted by Crippen LogP contribution is -2.54. The number of aromatic amines is 2. The Morgan fingerprint density at radius 3 is 2.33 bits per heavy atom. The number of rotatable bonds is 12. The predicted molar refractivity (Wildman–Crippen MR) is 240 cm³/mol. The summed E-state index contributed by atoms with van der Waals surface area (Å²) in [5, 5.41) is 7.67. The summed E-state index contributed by atoms with van der Waals surface area (Å²) in [6, 6.07) is 15.1.